The highest BCUT2D eigenvalue weighted by molar-refractivity contribution is 6.10. The molecule has 1 atom stereocenters. The number of nitriles is 1. The Bertz CT molecular complexity index is 1640. The summed E-state index contributed by atoms with van der Waals surface area (Å²) >= 11 is 0. The van der Waals surface area contributed by atoms with Crippen molar-refractivity contribution in [1.29, 1.82) is 5.26 Å². The minimum absolute atomic E-state index is 0.0823. The van der Waals surface area contributed by atoms with Crippen molar-refractivity contribution in [3.05, 3.63) is 60.2 Å². The summed E-state index contributed by atoms with van der Waals surface area (Å²) in [4.78, 5) is 27.1. The van der Waals surface area contributed by atoms with E-state index >= 15 is 0 Å². The lowest BCUT2D eigenvalue weighted by Crippen LogP contribution is -2.55. The average molecular weight is 523 g/mol. The number of aromatic amines is 1. The number of nitrogens with one attached hydrogen (secondary N) is 2. The average Bonchev–Trinajstić information content (AvgIpc) is 3.52. The maximum atomic E-state index is 14.6. The van der Waals surface area contributed by atoms with Crippen LogP contribution in [0.3, 0.4) is 0 Å². The minimum Gasteiger partial charge on any atom is -0.340 e. The molecular weight excluding hydrogens is 495 g/mol. The first-order chi connectivity index (χ1) is 18.9. The van der Waals surface area contributed by atoms with E-state index in [2.05, 4.69) is 31.5 Å². The number of amides is 1. The lowest BCUT2D eigenvalue weighted by Gasteiger charge is -2.46. The molecule has 196 valence electrons. The van der Waals surface area contributed by atoms with Crippen LogP contribution in [-0.2, 0) is 4.79 Å². The van der Waals surface area contributed by atoms with E-state index in [4.69, 9.17) is 4.98 Å². The predicted octanol–water partition coefficient (Wildman–Crippen LogP) is 5.70. The number of aromatic nitrogens is 4. The van der Waals surface area contributed by atoms with Gasteiger partial charge in [0.1, 0.15) is 17.2 Å². The first-order valence-corrected chi connectivity index (χ1v) is 13.3. The second-order valence-electron chi connectivity index (χ2n) is 11.0. The summed E-state index contributed by atoms with van der Waals surface area (Å²) < 4.78 is 14.6. The van der Waals surface area contributed by atoms with Crippen molar-refractivity contribution < 1.29 is 9.18 Å². The fraction of sp³-hybridized carbons (Fsp3) is 0.345. The van der Waals surface area contributed by atoms with E-state index in [-0.39, 0.29) is 11.9 Å². The molecule has 0 unspecified atom stereocenters. The summed E-state index contributed by atoms with van der Waals surface area (Å²) in [6.07, 6.45) is 10.2. The third-order valence-corrected chi connectivity index (χ3v) is 8.59. The van der Waals surface area contributed by atoms with Gasteiger partial charge in [0.25, 0.3) is 5.91 Å². The Kier molecular flexibility index (Phi) is 5.30. The van der Waals surface area contributed by atoms with Gasteiger partial charge in [0.05, 0.1) is 29.7 Å². The minimum atomic E-state index is -0.455. The summed E-state index contributed by atoms with van der Waals surface area (Å²) in [6, 6.07) is 12.0. The van der Waals surface area contributed by atoms with Crippen LogP contribution in [0.4, 0.5) is 33.2 Å². The van der Waals surface area contributed by atoms with Gasteiger partial charge in [0, 0.05) is 17.1 Å². The quantitative estimate of drug-likeness (QED) is 0.353. The normalized spacial score (nSPS) is 20.2. The molecule has 0 radical (unpaired) electrons. The summed E-state index contributed by atoms with van der Waals surface area (Å²) in [6.45, 7) is 1.92. The van der Waals surface area contributed by atoms with Crippen molar-refractivity contribution in [3.63, 3.8) is 0 Å². The molecule has 2 aromatic heterocycles. The second kappa shape index (κ2) is 8.76. The van der Waals surface area contributed by atoms with Crippen LogP contribution in [-0.4, -0.2) is 38.2 Å². The molecule has 39 heavy (non-hydrogen) atoms. The number of anilines is 5. The van der Waals surface area contributed by atoms with Gasteiger partial charge < -0.3 is 10.2 Å². The van der Waals surface area contributed by atoms with E-state index in [0.29, 0.717) is 50.7 Å². The number of hydrogen-bond donors (Lipinski definition) is 2. The van der Waals surface area contributed by atoms with Crippen LogP contribution >= 0.6 is 0 Å². The zero-order valence-corrected chi connectivity index (χ0v) is 21.5. The maximum absolute atomic E-state index is 14.6. The molecule has 7 rings (SSSR count). The molecule has 10 heteroatoms. The molecule has 2 fully saturated rings. The Morgan fingerprint density at radius 1 is 1.15 bits per heavy atom. The molecule has 9 nitrogen and oxygen atoms in total. The van der Waals surface area contributed by atoms with E-state index in [0.717, 1.165) is 12.8 Å². The number of benzene rings is 2. The third kappa shape index (κ3) is 3.96. The topological polar surface area (TPSA) is 114 Å². The van der Waals surface area contributed by atoms with E-state index in [9.17, 15) is 14.4 Å². The molecule has 2 aliphatic carbocycles. The number of carbonyl (C=O) groups excluding carboxylic acids is 1. The van der Waals surface area contributed by atoms with Crippen molar-refractivity contribution in [2.75, 3.05) is 15.1 Å². The number of halogens is 1. The lowest BCUT2D eigenvalue weighted by atomic mass is 9.82. The van der Waals surface area contributed by atoms with Gasteiger partial charge in [-0.1, -0.05) is 6.07 Å². The molecule has 2 N–H and O–H groups in total. The van der Waals surface area contributed by atoms with Crippen LogP contribution in [0.5, 0.6) is 0 Å². The molecular formula is C29H27FN8O. The highest BCUT2D eigenvalue weighted by Gasteiger charge is 2.48. The molecule has 2 aromatic carbocycles. The zero-order valence-electron chi connectivity index (χ0n) is 21.5. The molecule has 1 spiro atoms. The fourth-order valence-corrected chi connectivity index (χ4v) is 6.24. The van der Waals surface area contributed by atoms with Crippen LogP contribution in [0.1, 0.15) is 51.0 Å². The van der Waals surface area contributed by atoms with Crippen LogP contribution in [0.2, 0.25) is 0 Å². The smallest absolute Gasteiger partial charge is 0.254 e. The van der Waals surface area contributed by atoms with Gasteiger partial charge in [-0.15, -0.1) is 0 Å². The summed E-state index contributed by atoms with van der Waals surface area (Å²) in [7, 11) is 0. The van der Waals surface area contributed by atoms with Gasteiger partial charge in [0.2, 0.25) is 5.95 Å². The van der Waals surface area contributed by atoms with E-state index in [1.165, 1.54) is 31.7 Å². The Labute approximate surface area is 224 Å². The van der Waals surface area contributed by atoms with Gasteiger partial charge >= 0.3 is 0 Å². The standard InChI is InChI=1S/C29H27FN8O/c1-17-27(39)38(22-4-2-3-18(11-22)14-31)24-16-32-28(34-20-12-19-15-33-36-25(19)23(30)13-20)35-26(24)37(17)21-5-7-29(8-6-21)9-10-29/h2-4,11-13,15-17,21H,5-10H2,1H3,(H,33,36)(H,32,34,35)/t17-/m1/s1. The Morgan fingerprint density at radius 2 is 1.97 bits per heavy atom. The van der Waals surface area contributed by atoms with Crippen LogP contribution < -0.4 is 15.1 Å². The third-order valence-electron chi connectivity index (χ3n) is 8.59. The van der Waals surface area contributed by atoms with E-state index < -0.39 is 11.9 Å². The van der Waals surface area contributed by atoms with Crippen LogP contribution in [0, 0.1) is 22.6 Å². The molecule has 3 heterocycles. The van der Waals surface area contributed by atoms with Crippen LogP contribution in [0.25, 0.3) is 10.9 Å². The molecule has 3 aliphatic rings. The molecule has 1 amide bonds. The maximum Gasteiger partial charge on any atom is 0.254 e. The number of H-pyrrole nitrogens is 1. The largest absolute Gasteiger partial charge is 0.340 e. The SMILES string of the molecule is C[C@@H]1C(=O)N(c2cccc(C#N)c2)c2cnc(Nc3cc(F)c4[nH]ncc4c3)nc2N1C1CCC2(CC1)CC2. The van der Waals surface area contributed by atoms with Gasteiger partial charge in [-0.25, -0.2) is 9.37 Å². The number of nitrogens with zero attached hydrogens (tertiary/aromatic N) is 6. The van der Waals surface area contributed by atoms with Crippen LogP contribution in [0.15, 0.2) is 48.8 Å². The van der Waals surface area contributed by atoms with Gasteiger partial charge in [0.15, 0.2) is 11.6 Å². The van der Waals surface area contributed by atoms with Crippen molar-refractivity contribution >= 4 is 45.6 Å². The van der Waals surface area contributed by atoms with Gasteiger partial charge in [-0.05, 0) is 81.2 Å². The first kappa shape index (κ1) is 23.6. The summed E-state index contributed by atoms with van der Waals surface area (Å²) in [5, 5.41) is 19.8. The van der Waals surface area contributed by atoms with Crippen molar-refractivity contribution in [3.8, 4) is 6.07 Å². The highest BCUT2D eigenvalue weighted by Crippen LogP contribution is 2.57. The molecule has 2 saturated carbocycles. The van der Waals surface area contributed by atoms with Crippen molar-refractivity contribution in [1.82, 2.24) is 20.2 Å². The van der Waals surface area contributed by atoms with Gasteiger partial charge in [-0.3, -0.25) is 14.8 Å². The predicted molar refractivity (Wildman–Crippen MR) is 146 cm³/mol. The van der Waals surface area contributed by atoms with Crippen molar-refractivity contribution in [2.24, 2.45) is 5.41 Å². The fourth-order valence-electron chi connectivity index (χ4n) is 6.24. The monoisotopic (exact) mass is 522 g/mol. The van der Waals surface area contributed by atoms with Crippen molar-refractivity contribution in [2.45, 2.75) is 57.5 Å². The Morgan fingerprint density at radius 3 is 2.74 bits per heavy atom. The Hall–Kier alpha value is -4.52. The first-order valence-electron chi connectivity index (χ1n) is 13.3. The molecule has 1 aliphatic heterocycles. The highest BCUT2D eigenvalue weighted by atomic mass is 19.1. The summed E-state index contributed by atoms with van der Waals surface area (Å²) in [5.41, 5.74) is 2.99. The molecule has 4 aromatic rings. The molecule has 0 bridgehead atoms. The Balaban J connectivity index is 1.30. The number of hydrogen-bond acceptors (Lipinski definition) is 7. The number of carbonyl (C=O) groups is 1. The zero-order chi connectivity index (χ0) is 26.7. The molecule has 0 saturated heterocycles. The lowest BCUT2D eigenvalue weighted by molar-refractivity contribution is -0.119. The van der Waals surface area contributed by atoms with E-state index in [1.807, 2.05) is 13.0 Å². The van der Waals surface area contributed by atoms with E-state index in [1.54, 1.807) is 41.6 Å². The van der Waals surface area contributed by atoms with Gasteiger partial charge in [-0.2, -0.15) is 15.3 Å². The summed E-state index contributed by atoms with van der Waals surface area (Å²) in [5.74, 6) is 0.457. The number of fused-ring (bicyclic) bond motifs is 2. The second-order valence-corrected chi connectivity index (χ2v) is 11.0. The number of rotatable bonds is 4.